The van der Waals surface area contributed by atoms with Crippen molar-refractivity contribution >= 4 is 34.1 Å². The van der Waals surface area contributed by atoms with Crippen molar-refractivity contribution in [1.29, 1.82) is 0 Å². The zero-order valence-electron chi connectivity index (χ0n) is 16.0. The van der Waals surface area contributed by atoms with Crippen LogP contribution in [0.1, 0.15) is 23.6 Å². The van der Waals surface area contributed by atoms with Crippen LogP contribution < -0.4 is 16.0 Å². The van der Waals surface area contributed by atoms with E-state index in [9.17, 15) is 0 Å². The SMILES string of the molecule is CCNC(=NCc1ccc(CC)s1)NCCNc1ncnc2c1cnn2C. The van der Waals surface area contributed by atoms with Gasteiger partial charge in [0, 0.05) is 36.4 Å². The van der Waals surface area contributed by atoms with Crippen LogP contribution >= 0.6 is 11.3 Å². The highest BCUT2D eigenvalue weighted by atomic mass is 32.1. The van der Waals surface area contributed by atoms with Crippen LogP contribution in [0.15, 0.2) is 29.6 Å². The molecular formula is C18H26N8S. The van der Waals surface area contributed by atoms with E-state index in [0.29, 0.717) is 13.1 Å². The van der Waals surface area contributed by atoms with Gasteiger partial charge in [0.2, 0.25) is 0 Å². The zero-order chi connectivity index (χ0) is 19.1. The molecule has 0 aliphatic rings. The molecule has 9 heteroatoms. The number of guanidine groups is 1. The number of nitrogens with zero attached hydrogens (tertiary/aromatic N) is 5. The summed E-state index contributed by atoms with van der Waals surface area (Å²) in [7, 11) is 1.87. The molecule has 0 unspecified atom stereocenters. The quantitative estimate of drug-likeness (QED) is 0.312. The molecule has 3 N–H and O–H groups in total. The van der Waals surface area contributed by atoms with Crippen LogP contribution in [0, 0.1) is 0 Å². The molecule has 0 bridgehead atoms. The maximum Gasteiger partial charge on any atom is 0.191 e. The van der Waals surface area contributed by atoms with Gasteiger partial charge in [-0.2, -0.15) is 5.10 Å². The molecule has 0 fully saturated rings. The molecule has 0 aliphatic heterocycles. The Morgan fingerprint density at radius 2 is 2.00 bits per heavy atom. The first kappa shape index (κ1) is 19.1. The van der Waals surface area contributed by atoms with Gasteiger partial charge in [-0.3, -0.25) is 4.68 Å². The molecule has 27 heavy (non-hydrogen) atoms. The number of thiophene rings is 1. The molecule has 0 aromatic carbocycles. The van der Waals surface area contributed by atoms with Gasteiger partial charge in [-0.05, 0) is 25.5 Å². The maximum absolute atomic E-state index is 4.67. The smallest absolute Gasteiger partial charge is 0.191 e. The van der Waals surface area contributed by atoms with Crippen LogP contribution in [0.4, 0.5) is 5.82 Å². The predicted molar refractivity (Wildman–Crippen MR) is 111 cm³/mol. The van der Waals surface area contributed by atoms with Gasteiger partial charge in [-0.1, -0.05) is 6.92 Å². The highest BCUT2D eigenvalue weighted by molar-refractivity contribution is 7.11. The molecular weight excluding hydrogens is 360 g/mol. The average molecular weight is 387 g/mol. The lowest BCUT2D eigenvalue weighted by atomic mass is 10.4. The molecule has 3 aromatic heterocycles. The molecule has 8 nitrogen and oxygen atoms in total. The minimum Gasteiger partial charge on any atom is -0.368 e. The Morgan fingerprint density at radius 1 is 1.15 bits per heavy atom. The first-order valence-electron chi connectivity index (χ1n) is 9.17. The van der Waals surface area contributed by atoms with E-state index in [0.717, 1.165) is 42.3 Å². The zero-order valence-corrected chi connectivity index (χ0v) is 16.8. The van der Waals surface area contributed by atoms with Crippen LogP contribution in [0.25, 0.3) is 11.0 Å². The van der Waals surface area contributed by atoms with E-state index in [1.54, 1.807) is 17.2 Å². The molecule has 0 aliphatic carbocycles. The standard InChI is InChI=1S/C18H26N8S/c1-4-13-6-7-14(27-13)10-22-18(19-5-2)21-9-8-20-16-15-11-25-26(3)17(15)24-12-23-16/h6-7,11-12H,4-5,8-10H2,1-3H3,(H2,19,21,22)(H,20,23,24). The average Bonchev–Trinajstić information content (AvgIpc) is 3.30. The Labute approximate surface area is 163 Å². The number of hydrogen-bond donors (Lipinski definition) is 3. The number of rotatable bonds is 8. The van der Waals surface area contributed by atoms with Crippen molar-refractivity contribution in [3.8, 4) is 0 Å². The number of nitrogens with one attached hydrogen (secondary N) is 3. The maximum atomic E-state index is 4.67. The monoisotopic (exact) mass is 386 g/mol. The van der Waals surface area contributed by atoms with E-state index in [1.165, 1.54) is 9.75 Å². The summed E-state index contributed by atoms with van der Waals surface area (Å²) in [5.41, 5.74) is 0.817. The third kappa shape index (κ3) is 4.94. The van der Waals surface area contributed by atoms with Crippen molar-refractivity contribution in [2.24, 2.45) is 12.0 Å². The van der Waals surface area contributed by atoms with Crippen molar-refractivity contribution in [3.05, 3.63) is 34.4 Å². The van der Waals surface area contributed by atoms with Gasteiger partial charge < -0.3 is 16.0 Å². The molecule has 3 heterocycles. The second kappa shape index (κ2) is 9.31. The third-order valence-corrected chi connectivity index (χ3v) is 5.26. The van der Waals surface area contributed by atoms with Crippen LogP contribution in [0.5, 0.6) is 0 Å². The van der Waals surface area contributed by atoms with E-state index in [-0.39, 0.29) is 0 Å². The fourth-order valence-corrected chi connectivity index (χ4v) is 3.54. The van der Waals surface area contributed by atoms with Gasteiger partial charge in [-0.25, -0.2) is 15.0 Å². The molecule has 3 rings (SSSR count). The highest BCUT2D eigenvalue weighted by Crippen LogP contribution is 2.18. The molecule has 3 aromatic rings. The second-order valence-corrected chi connectivity index (χ2v) is 7.25. The third-order valence-electron chi connectivity index (χ3n) is 4.04. The van der Waals surface area contributed by atoms with Crippen molar-refractivity contribution < 1.29 is 0 Å². The minimum absolute atomic E-state index is 0.690. The minimum atomic E-state index is 0.690. The van der Waals surface area contributed by atoms with Crippen LogP contribution in [0.2, 0.25) is 0 Å². The fraction of sp³-hybridized carbons (Fsp3) is 0.444. The van der Waals surface area contributed by atoms with Crippen LogP contribution in [-0.4, -0.2) is 45.3 Å². The Balaban J connectivity index is 1.52. The lowest BCUT2D eigenvalue weighted by Gasteiger charge is -2.12. The van der Waals surface area contributed by atoms with E-state index in [1.807, 2.05) is 18.4 Å². The van der Waals surface area contributed by atoms with Crippen molar-refractivity contribution in [2.45, 2.75) is 26.8 Å². The molecule has 0 saturated heterocycles. The van der Waals surface area contributed by atoms with Gasteiger partial charge >= 0.3 is 0 Å². The lowest BCUT2D eigenvalue weighted by molar-refractivity contribution is 0.785. The molecule has 0 amide bonds. The molecule has 0 saturated carbocycles. The Bertz CT molecular complexity index is 898. The van der Waals surface area contributed by atoms with E-state index >= 15 is 0 Å². The number of fused-ring (bicyclic) bond motifs is 1. The van der Waals surface area contributed by atoms with E-state index in [2.05, 4.69) is 62.0 Å². The topological polar surface area (TPSA) is 92.1 Å². The number of aryl methyl sites for hydroxylation is 2. The van der Waals surface area contributed by atoms with Gasteiger partial charge in [-0.15, -0.1) is 11.3 Å². The summed E-state index contributed by atoms with van der Waals surface area (Å²) >= 11 is 1.82. The Kier molecular flexibility index (Phi) is 6.59. The fourth-order valence-electron chi connectivity index (χ4n) is 2.66. The first-order valence-corrected chi connectivity index (χ1v) is 9.99. The number of anilines is 1. The van der Waals surface area contributed by atoms with Crippen LogP contribution in [0.3, 0.4) is 0 Å². The summed E-state index contributed by atoms with van der Waals surface area (Å²) < 4.78 is 1.74. The first-order chi connectivity index (χ1) is 13.2. The van der Waals surface area contributed by atoms with Crippen LogP contribution in [-0.2, 0) is 20.0 Å². The van der Waals surface area contributed by atoms with Crippen molar-refractivity contribution in [1.82, 2.24) is 30.4 Å². The summed E-state index contributed by atoms with van der Waals surface area (Å²) in [6.07, 6.45) is 4.41. The summed E-state index contributed by atoms with van der Waals surface area (Å²) in [4.78, 5) is 15.9. The Hall–Kier alpha value is -2.68. The number of aliphatic imine (C=N–C) groups is 1. The van der Waals surface area contributed by atoms with Crippen molar-refractivity contribution in [2.75, 3.05) is 25.0 Å². The molecule has 0 radical (unpaired) electrons. The van der Waals surface area contributed by atoms with Gasteiger partial charge in [0.1, 0.15) is 12.1 Å². The lowest BCUT2D eigenvalue weighted by Crippen LogP contribution is -2.39. The predicted octanol–water partition coefficient (Wildman–Crippen LogP) is 2.15. The molecule has 144 valence electrons. The molecule has 0 spiro atoms. The summed E-state index contributed by atoms with van der Waals surface area (Å²) in [5, 5.41) is 15.1. The summed E-state index contributed by atoms with van der Waals surface area (Å²) in [6.45, 7) is 7.19. The van der Waals surface area contributed by atoms with E-state index < -0.39 is 0 Å². The van der Waals surface area contributed by atoms with Gasteiger partial charge in [0.15, 0.2) is 11.6 Å². The largest absolute Gasteiger partial charge is 0.368 e. The summed E-state index contributed by atoms with van der Waals surface area (Å²) in [6, 6.07) is 4.34. The number of aromatic nitrogens is 4. The van der Waals surface area contributed by atoms with Gasteiger partial charge in [0.05, 0.1) is 18.1 Å². The van der Waals surface area contributed by atoms with Gasteiger partial charge in [0.25, 0.3) is 0 Å². The second-order valence-electron chi connectivity index (χ2n) is 6.00. The molecule has 0 atom stereocenters. The van der Waals surface area contributed by atoms with E-state index in [4.69, 9.17) is 0 Å². The Morgan fingerprint density at radius 3 is 2.78 bits per heavy atom. The van der Waals surface area contributed by atoms with Crippen molar-refractivity contribution in [3.63, 3.8) is 0 Å². The summed E-state index contributed by atoms with van der Waals surface area (Å²) in [5.74, 6) is 1.61. The highest BCUT2D eigenvalue weighted by Gasteiger charge is 2.07. The number of hydrogen-bond acceptors (Lipinski definition) is 6. The normalized spacial score (nSPS) is 11.7.